The van der Waals surface area contributed by atoms with E-state index in [4.69, 9.17) is 0 Å². The average Bonchev–Trinajstić information content (AvgIpc) is 2.58. The summed E-state index contributed by atoms with van der Waals surface area (Å²) in [7, 11) is 1.94. The summed E-state index contributed by atoms with van der Waals surface area (Å²) in [5.41, 5.74) is 3.53. The second kappa shape index (κ2) is 5.04. The molecule has 2 rings (SSSR count). The molecule has 0 fully saturated rings. The Balaban J connectivity index is 1.98. The Hall–Kier alpha value is -1.77. The molecule has 0 amide bonds. The largest absolute Gasteiger partial charge is 0.380 e. The van der Waals surface area contributed by atoms with Crippen LogP contribution in [-0.2, 0) is 13.5 Å². The van der Waals surface area contributed by atoms with Gasteiger partial charge in [0.2, 0.25) is 0 Å². The molecule has 1 unspecified atom stereocenters. The van der Waals surface area contributed by atoms with Crippen molar-refractivity contribution in [2.24, 2.45) is 7.05 Å². The quantitative estimate of drug-likeness (QED) is 0.873. The van der Waals surface area contributed by atoms with Gasteiger partial charge in [-0.05, 0) is 25.8 Å². The van der Waals surface area contributed by atoms with Gasteiger partial charge in [-0.25, -0.2) is 0 Å². The Morgan fingerprint density at radius 3 is 2.59 bits per heavy atom. The van der Waals surface area contributed by atoms with Gasteiger partial charge in [0, 0.05) is 19.3 Å². The molecule has 1 aromatic heterocycles. The zero-order valence-corrected chi connectivity index (χ0v) is 10.6. The third kappa shape index (κ3) is 3.09. The summed E-state index contributed by atoms with van der Waals surface area (Å²) >= 11 is 0. The van der Waals surface area contributed by atoms with Gasteiger partial charge in [-0.1, -0.05) is 30.3 Å². The Morgan fingerprint density at radius 2 is 2.00 bits per heavy atom. The van der Waals surface area contributed by atoms with Crippen molar-refractivity contribution in [1.29, 1.82) is 0 Å². The van der Waals surface area contributed by atoms with E-state index in [1.54, 1.807) is 0 Å². The maximum Gasteiger partial charge on any atom is 0.0825 e. The summed E-state index contributed by atoms with van der Waals surface area (Å²) in [6.45, 7) is 4.22. The van der Waals surface area contributed by atoms with Gasteiger partial charge in [0.25, 0.3) is 0 Å². The van der Waals surface area contributed by atoms with E-state index in [2.05, 4.69) is 41.6 Å². The van der Waals surface area contributed by atoms with Crippen LogP contribution in [0.15, 0.2) is 36.5 Å². The molecule has 3 nitrogen and oxygen atoms in total. The second-order valence-electron chi connectivity index (χ2n) is 4.54. The molecule has 0 aliphatic carbocycles. The lowest BCUT2D eigenvalue weighted by Gasteiger charge is -2.14. The number of anilines is 1. The van der Waals surface area contributed by atoms with Crippen molar-refractivity contribution in [2.45, 2.75) is 26.3 Å². The predicted octanol–water partition coefficient (Wildman–Crippen LogP) is 2.77. The minimum absolute atomic E-state index is 0.403. The van der Waals surface area contributed by atoms with Crippen molar-refractivity contribution in [3.8, 4) is 0 Å². The number of rotatable bonds is 4. The van der Waals surface area contributed by atoms with E-state index in [9.17, 15) is 0 Å². The number of hydrogen-bond acceptors (Lipinski definition) is 2. The third-order valence-corrected chi connectivity index (χ3v) is 2.80. The van der Waals surface area contributed by atoms with Crippen LogP contribution in [0.1, 0.15) is 18.2 Å². The van der Waals surface area contributed by atoms with E-state index in [0.29, 0.717) is 6.04 Å². The fraction of sp³-hybridized carbons (Fsp3) is 0.357. The monoisotopic (exact) mass is 229 g/mol. The molecule has 0 spiro atoms. The molecule has 0 aliphatic rings. The number of nitrogens with one attached hydrogen (secondary N) is 1. The van der Waals surface area contributed by atoms with E-state index in [-0.39, 0.29) is 0 Å². The summed E-state index contributed by atoms with van der Waals surface area (Å²) in [6.07, 6.45) is 3.05. The van der Waals surface area contributed by atoms with Crippen LogP contribution in [0.25, 0.3) is 0 Å². The van der Waals surface area contributed by atoms with E-state index < -0.39 is 0 Å². The molecule has 1 N–H and O–H groups in total. The molecule has 17 heavy (non-hydrogen) atoms. The molecule has 90 valence electrons. The fourth-order valence-corrected chi connectivity index (χ4v) is 2.03. The number of nitrogens with zero attached hydrogens (tertiary/aromatic N) is 2. The molecule has 0 saturated heterocycles. The lowest BCUT2D eigenvalue weighted by Crippen LogP contribution is -2.18. The van der Waals surface area contributed by atoms with Gasteiger partial charge in [0.05, 0.1) is 11.4 Å². The summed E-state index contributed by atoms with van der Waals surface area (Å²) in [5.74, 6) is 0. The van der Waals surface area contributed by atoms with Gasteiger partial charge in [-0.2, -0.15) is 5.10 Å². The van der Waals surface area contributed by atoms with E-state index in [1.807, 2.05) is 30.9 Å². The maximum atomic E-state index is 4.33. The second-order valence-corrected chi connectivity index (χ2v) is 4.54. The zero-order chi connectivity index (χ0) is 12.3. The number of benzene rings is 1. The van der Waals surface area contributed by atoms with E-state index in [0.717, 1.165) is 17.8 Å². The highest BCUT2D eigenvalue weighted by molar-refractivity contribution is 5.46. The van der Waals surface area contributed by atoms with Gasteiger partial charge < -0.3 is 5.32 Å². The van der Waals surface area contributed by atoms with E-state index in [1.165, 1.54) is 5.56 Å². The lowest BCUT2D eigenvalue weighted by atomic mass is 10.1. The normalized spacial score (nSPS) is 12.4. The number of aromatic nitrogens is 2. The van der Waals surface area contributed by atoms with Crippen molar-refractivity contribution >= 4 is 5.69 Å². The first kappa shape index (κ1) is 11.7. The molecule has 1 aromatic carbocycles. The Labute approximate surface area is 102 Å². The van der Waals surface area contributed by atoms with Crippen LogP contribution >= 0.6 is 0 Å². The predicted molar refractivity (Wildman–Crippen MR) is 71.2 cm³/mol. The first-order valence-electron chi connectivity index (χ1n) is 5.96. The van der Waals surface area contributed by atoms with Crippen molar-refractivity contribution in [3.05, 3.63) is 47.8 Å². The van der Waals surface area contributed by atoms with Crippen LogP contribution in [0.4, 0.5) is 5.69 Å². The van der Waals surface area contributed by atoms with Crippen LogP contribution in [0.5, 0.6) is 0 Å². The highest BCUT2D eigenvalue weighted by Crippen LogP contribution is 2.14. The Morgan fingerprint density at radius 1 is 1.29 bits per heavy atom. The molecule has 1 atom stereocenters. The van der Waals surface area contributed by atoms with Crippen LogP contribution in [0.3, 0.4) is 0 Å². The zero-order valence-electron chi connectivity index (χ0n) is 10.6. The summed E-state index contributed by atoms with van der Waals surface area (Å²) < 4.78 is 1.84. The van der Waals surface area contributed by atoms with Gasteiger partial charge in [0.1, 0.15) is 0 Å². The SMILES string of the molecule is Cc1nn(C)cc1NC(C)Cc1ccccc1. The first-order chi connectivity index (χ1) is 8.15. The van der Waals surface area contributed by atoms with Gasteiger partial charge >= 0.3 is 0 Å². The van der Waals surface area contributed by atoms with Crippen LogP contribution in [0, 0.1) is 6.92 Å². The molecular formula is C14H19N3. The average molecular weight is 229 g/mol. The van der Waals surface area contributed by atoms with E-state index >= 15 is 0 Å². The van der Waals surface area contributed by atoms with Crippen molar-refractivity contribution < 1.29 is 0 Å². The Bertz CT molecular complexity index is 473. The van der Waals surface area contributed by atoms with Gasteiger partial charge in [0.15, 0.2) is 0 Å². The van der Waals surface area contributed by atoms with Crippen molar-refractivity contribution in [1.82, 2.24) is 9.78 Å². The minimum Gasteiger partial charge on any atom is -0.380 e. The third-order valence-electron chi connectivity index (χ3n) is 2.80. The van der Waals surface area contributed by atoms with Crippen LogP contribution in [0.2, 0.25) is 0 Å². The molecule has 0 bridgehead atoms. The number of hydrogen-bond donors (Lipinski definition) is 1. The number of aryl methyl sites for hydroxylation is 2. The fourth-order valence-electron chi connectivity index (χ4n) is 2.03. The van der Waals surface area contributed by atoms with Crippen LogP contribution in [-0.4, -0.2) is 15.8 Å². The highest BCUT2D eigenvalue weighted by atomic mass is 15.3. The lowest BCUT2D eigenvalue weighted by molar-refractivity contribution is 0.756. The summed E-state index contributed by atoms with van der Waals surface area (Å²) in [6, 6.07) is 10.9. The summed E-state index contributed by atoms with van der Waals surface area (Å²) in [5, 5.41) is 7.82. The molecule has 0 saturated carbocycles. The molecule has 3 heteroatoms. The smallest absolute Gasteiger partial charge is 0.0825 e. The first-order valence-corrected chi connectivity index (χ1v) is 5.96. The molecule has 0 radical (unpaired) electrons. The van der Waals surface area contributed by atoms with Crippen molar-refractivity contribution in [2.75, 3.05) is 5.32 Å². The summed E-state index contributed by atoms with van der Waals surface area (Å²) in [4.78, 5) is 0. The highest BCUT2D eigenvalue weighted by Gasteiger charge is 2.07. The molecule has 2 aromatic rings. The van der Waals surface area contributed by atoms with Gasteiger partial charge in [-0.15, -0.1) is 0 Å². The topological polar surface area (TPSA) is 29.9 Å². The van der Waals surface area contributed by atoms with Crippen molar-refractivity contribution in [3.63, 3.8) is 0 Å². The van der Waals surface area contributed by atoms with Gasteiger partial charge in [-0.3, -0.25) is 4.68 Å². The molecule has 0 aliphatic heterocycles. The molecular weight excluding hydrogens is 210 g/mol. The maximum absolute atomic E-state index is 4.33. The minimum atomic E-state index is 0.403. The Kier molecular flexibility index (Phi) is 3.47. The van der Waals surface area contributed by atoms with Crippen LogP contribution < -0.4 is 5.32 Å². The molecule has 1 heterocycles. The standard InChI is InChI=1S/C14H19N3/c1-11(9-13-7-5-4-6-8-13)15-14-10-17(3)16-12(14)2/h4-8,10-11,15H,9H2,1-3H3.